The second kappa shape index (κ2) is 7.42. The second-order valence-corrected chi connectivity index (χ2v) is 11.0. The van der Waals surface area contributed by atoms with Gasteiger partial charge < -0.3 is 0 Å². The maximum absolute atomic E-state index is 5.67. The van der Waals surface area contributed by atoms with Crippen molar-refractivity contribution >= 4 is 0 Å². The first-order valence-electron chi connectivity index (χ1n) is 12.2. The quantitative estimate of drug-likeness (QED) is 0.399. The minimum absolute atomic E-state index is 0.155. The Bertz CT molecular complexity index is 1180. The SMILES string of the molecule is C#Cc1ccc(C23CC4CC(c5ccc(C#C)cc5)(C2)CC(c2ccc(C#C)cc2)(C4)C3)cc1. The lowest BCUT2D eigenvalue weighted by Crippen LogP contribution is -2.61. The van der Waals surface area contributed by atoms with Gasteiger partial charge in [0.25, 0.3) is 0 Å². The van der Waals surface area contributed by atoms with Crippen molar-refractivity contribution in [2.24, 2.45) is 5.92 Å². The van der Waals surface area contributed by atoms with Gasteiger partial charge in [-0.3, -0.25) is 0 Å². The summed E-state index contributed by atoms with van der Waals surface area (Å²) >= 11 is 0. The fraction of sp³-hybridized carbons (Fsp3) is 0.294. The molecule has 3 aromatic carbocycles. The van der Waals surface area contributed by atoms with Gasteiger partial charge in [0, 0.05) is 16.7 Å². The van der Waals surface area contributed by atoms with Gasteiger partial charge in [0.1, 0.15) is 0 Å². The Hall–Kier alpha value is -3.66. The normalized spacial score (nSPS) is 30.8. The van der Waals surface area contributed by atoms with E-state index in [1.807, 2.05) is 0 Å². The van der Waals surface area contributed by atoms with Crippen LogP contribution < -0.4 is 0 Å². The fourth-order valence-corrected chi connectivity index (χ4v) is 8.16. The molecule has 4 saturated carbocycles. The minimum atomic E-state index is 0.155. The molecule has 4 aliphatic carbocycles. The molecule has 0 radical (unpaired) electrons. The molecule has 0 atom stereocenters. The topological polar surface area (TPSA) is 0 Å². The highest BCUT2D eigenvalue weighted by molar-refractivity contribution is 5.47. The molecule has 0 aromatic heterocycles. The second-order valence-electron chi connectivity index (χ2n) is 11.0. The maximum atomic E-state index is 5.67. The number of rotatable bonds is 3. The summed E-state index contributed by atoms with van der Waals surface area (Å²) in [6.07, 6.45) is 24.3. The van der Waals surface area contributed by atoms with E-state index in [1.54, 1.807) is 0 Å². The molecule has 7 rings (SSSR count). The van der Waals surface area contributed by atoms with Gasteiger partial charge in [-0.1, -0.05) is 54.2 Å². The van der Waals surface area contributed by atoms with Crippen molar-refractivity contribution < 1.29 is 0 Å². The van der Waals surface area contributed by atoms with Crippen molar-refractivity contribution in [3.8, 4) is 37.0 Å². The van der Waals surface area contributed by atoms with E-state index in [4.69, 9.17) is 19.3 Å². The Balaban J connectivity index is 1.52. The van der Waals surface area contributed by atoms with Crippen LogP contribution >= 0.6 is 0 Å². The number of hydrogen-bond acceptors (Lipinski definition) is 0. The van der Waals surface area contributed by atoms with Gasteiger partial charge in [0.15, 0.2) is 0 Å². The third-order valence-electron chi connectivity index (χ3n) is 9.06. The Kier molecular flexibility index (Phi) is 4.57. The molecular formula is C34H28. The summed E-state index contributed by atoms with van der Waals surface area (Å²) in [5, 5.41) is 0. The van der Waals surface area contributed by atoms with Crippen molar-refractivity contribution in [2.45, 2.75) is 54.8 Å². The van der Waals surface area contributed by atoms with Crippen molar-refractivity contribution in [3.63, 3.8) is 0 Å². The maximum Gasteiger partial charge on any atom is 0.0242 e. The Morgan fingerprint density at radius 3 is 0.971 bits per heavy atom. The zero-order valence-corrected chi connectivity index (χ0v) is 19.5. The molecular weight excluding hydrogens is 408 g/mol. The van der Waals surface area contributed by atoms with Crippen LogP contribution in [0.15, 0.2) is 72.8 Å². The molecule has 4 fully saturated rings. The Labute approximate surface area is 203 Å². The number of benzene rings is 3. The van der Waals surface area contributed by atoms with E-state index in [2.05, 4.69) is 90.6 Å². The third-order valence-corrected chi connectivity index (χ3v) is 9.06. The largest absolute Gasteiger partial charge is 0.115 e. The third kappa shape index (κ3) is 3.05. The molecule has 0 heterocycles. The first-order chi connectivity index (χ1) is 16.5. The summed E-state index contributed by atoms with van der Waals surface area (Å²) in [6, 6.07) is 26.5. The lowest BCUT2D eigenvalue weighted by atomic mass is 9.36. The van der Waals surface area contributed by atoms with E-state index < -0.39 is 0 Å². The lowest BCUT2D eigenvalue weighted by Gasteiger charge is -2.67. The van der Waals surface area contributed by atoms with Gasteiger partial charge in [0.05, 0.1) is 0 Å². The van der Waals surface area contributed by atoms with Crippen molar-refractivity contribution in [1.29, 1.82) is 0 Å². The van der Waals surface area contributed by atoms with Crippen LogP contribution in [-0.4, -0.2) is 0 Å². The van der Waals surface area contributed by atoms with Gasteiger partial charge >= 0.3 is 0 Å². The fourth-order valence-electron chi connectivity index (χ4n) is 8.16. The van der Waals surface area contributed by atoms with Crippen LogP contribution in [0.1, 0.15) is 71.9 Å². The monoisotopic (exact) mass is 436 g/mol. The summed E-state index contributed by atoms with van der Waals surface area (Å²) < 4.78 is 0. The summed E-state index contributed by atoms with van der Waals surface area (Å²) in [4.78, 5) is 0. The van der Waals surface area contributed by atoms with Crippen LogP contribution in [0.25, 0.3) is 0 Å². The molecule has 0 nitrogen and oxygen atoms in total. The van der Waals surface area contributed by atoms with Crippen LogP contribution in [0.3, 0.4) is 0 Å². The van der Waals surface area contributed by atoms with E-state index >= 15 is 0 Å². The van der Waals surface area contributed by atoms with Crippen molar-refractivity contribution in [1.82, 2.24) is 0 Å². The average Bonchev–Trinajstić information content (AvgIpc) is 2.88. The summed E-state index contributed by atoms with van der Waals surface area (Å²) in [6.45, 7) is 0. The van der Waals surface area contributed by atoms with E-state index in [1.165, 1.54) is 55.2 Å². The van der Waals surface area contributed by atoms with Crippen molar-refractivity contribution in [2.75, 3.05) is 0 Å². The van der Waals surface area contributed by atoms with E-state index in [9.17, 15) is 0 Å². The number of terminal acetylenes is 3. The molecule has 3 aromatic rings. The highest BCUT2D eigenvalue weighted by Gasteiger charge is 2.64. The van der Waals surface area contributed by atoms with Crippen LogP contribution in [0.4, 0.5) is 0 Å². The molecule has 164 valence electrons. The highest BCUT2D eigenvalue weighted by atomic mass is 14.7. The van der Waals surface area contributed by atoms with Crippen LogP contribution in [0, 0.1) is 42.9 Å². The van der Waals surface area contributed by atoms with Crippen LogP contribution in [0.2, 0.25) is 0 Å². The van der Waals surface area contributed by atoms with Crippen molar-refractivity contribution in [3.05, 3.63) is 106 Å². The van der Waals surface area contributed by atoms with E-state index in [-0.39, 0.29) is 16.2 Å². The molecule has 34 heavy (non-hydrogen) atoms. The molecule has 4 bridgehead atoms. The Morgan fingerprint density at radius 2 is 0.735 bits per heavy atom. The van der Waals surface area contributed by atoms with Gasteiger partial charge in [-0.25, -0.2) is 0 Å². The first kappa shape index (κ1) is 20.9. The molecule has 0 N–H and O–H groups in total. The number of hydrogen-bond donors (Lipinski definition) is 0. The molecule has 0 amide bonds. The smallest absolute Gasteiger partial charge is 0.0242 e. The average molecular weight is 437 g/mol. The van der Waals surface area contributed by atoms with E-state index in [0.717, 1.165) is 16.7 Å². The minimum Gasteiger partial charge on any atom is -0.115 e. The summed E-state index contributed by atoms with van der Waals surface area (Å²) in [5.41, 5.74) is 7.67. The zero-order valence-electron chi connectivity index (χ0n) is 19.5. The molecule has 0 unspecified atom stereocenters. The van der Waals surface area contributed by atoms with Crippen LogP contribution in [0.5, 0.6) is 0 Å². The first-order valence-corrected chi connectivity index (χ1v) is 12.2. The standard InChI is InChI=1S/C34H28/c1-4-25-7-13-29(14-8-25)32-19-28-20-33(22-32,30-15-9-26(5-2)10-16-30)24-34(21-28,23-32)31-17-11-27(6-3)12-18-31/h1-3,7-18,28H,19-24H2. The molecule has 0 heteroatoms. The Morgan fingerprint density at radius 1 is 0.471 bits per heavy atom. The van der Waals surface area contributed by atoms with Gasteiger partial charge in [0.2, 0.25) is 0 Å². The summed E-state index contributed by atoms with van der Waals surface area (Å²) in [7, 11) is 0. The predicted octanol–water partition coefficient (Wildman–Crippen LogP) is 6.74. The summed E-state index contributed by atoms with van der Waals surface area (Å²) in [5.74, 6) is 9.05. The van der Waals surface area contributed by atoms with E-state index in [0.29, 0.717) is 5.92 Å². The van der Waals surface area contributed by atoms with Gasteiger partial charge in [-0.15, -0.1) is 19.3 Å². The molecule has 0 aliphatic heterocycles. The lowest BCUT2D eigenvalue weighted by molar-refractivity contribution is -0.0493. The van der Waals surface area contributed by atoms with Gasteiger partial charge in [-0.2, -0.15) is 0 Å². The molecule has 0 saturated heterocycles. The van der Waals surface area contributed by atoms with Crippen LogP contribution in [-0.2, 0) is 16.2 Å². The predicted molar refractivity (Wildman–Crippen MR) is 139 cm³/mol. The molecule has 0 spiro atoms. The highest BCUT2D eigenvalue weighted by Crippen LogP contribution is 2.70. The van der Waals surface area contributed by atoms with Gasteiger partial charge in [-0.05, 0) is 114 Å². The molecule has 4 aliphatic rings. The zero-order chi connectivity index (χ0) is 23.4.